The van der Waals surface area contributed by atoms with Crippen molar-refractivity contribution in [2.75, 3.05) is 12.4 Å². The van der Waals surface area contributed by atoms with E-state index in [9.17, 15) is 4.79 Å². The molecular formula is C23H21N3O3S2. The van der Waals surface area contributed by atoms with E-state index < -0.39 is 0 Å². The van der Waals surface area contributed by atoms with Crippen LogP contribution in [0.4, 0.5) is 0 Å². The molecule has 31 heavy (non-hydrogen) atoms. The number of aromatic nitrogens is 3. The highest BCUT2D eigenvalue weighted by Crippen LogP contribution is 2.32. The number of ketones is 1. The lowest BCUT2D eigenvalue weighted by molar-refractivity contribution is 0.0777. The van der Waals surface area contributed by atoms with E-state index in [2.05, 4.69) is 14.5 Å². The van der Waals surface area contributed by atoms with Gasteiger partial charge in [0.25, 0.3) is 0 Å². The van der Waals surface area contributed by atoms with Crippen LogP contribution in [-0.4, -0.2) is 38.8 Å². The highest BCUT2D eigenvalue weighted by Gasteiger charge is 2.24. The standard InChI is InChI=1S/C23H21N3O3S2/c1-14-9-18(19(27)12-31-23-17-7-8-30-22(17)24-13-25-23)15(2)26(14)10-16-11-28-20-5-3-4-6-21(20)29-16/h3-9,13,16H,10-12H2,1-2H3/t16-/m0/s1. The normalized spacial score (nSPS) is 15.4. The number of nitrogens with zero attached hydrogens (tertiary/aromatic N) is 3. The Morgan fingerprint density at radius 2 is 2.06 bits per heavy atom. The minimum Gasteiger partial charge on any atom is -0.486 e. The molecule has 0 saturated carbocycles. The van der Waals surface area contributed by atoms with Crippen LogP contribution in [0.1, 0.15) is 21.7 Å². The number of para-hydroxylation sites is 2. The number of carbonyl (C=O) groups is 1. The van der Waals surface area contributed by atoms with Crippen molar-refractivity contribution in [3.63, 3.8) is 0 Å². The first-order valence-corrected chi connectivity index (χ1v) is 11.9. The Morgan fingerprint density at radius 1 is 1.23 bits per heavy atom. The molecule has 0 saturated heterocycles. The van der Waals surface area contributed by atoms with Crippen LogP contribution >= 0.6 is 23.1 Å². The fraction of sp³-hybridized carbons (Fsp3) is 0.261. The number of rotatable bonds is 6. The van der Waals surface area contributed by atoms with Gasteiger partial charge in [-0.15, -0.1) is 11.3 Å². The van der Waals surface area contributed by atoms with Crippen LogP contribution in [0.15, 0.2) is 53.1 Å². The third-order valence-electron chi connectivity index (χ3n) is 5.39. The quantitative estimate of drug-likeness (QED) is 0.235. The maximum Gasteiger partial charge on any atom is 0.174 e. The summed E-state index contributed by atoms with van der Waals surface area (Å²) in [4.78, 5) is 22.6. The molecule has 1 atom stereocenters. The van der Waals surface area contributed by atoms with Gasteiger partial charge in [-0.2, -0.15) is 0 Å². The molecule has 0 amide bonds. The Balaban J connectivity index is 1.29. The first kappa shape index (κ1) is 20.1. The first-order valence-electron chi connectivity index (χ1n) is 9.99. The molecule has 1 aliphatic rings. The molecule has 0 N–H and O–H groups in total. The number of thiophene rings is 1. The van der Waals surface area contributed by atoms with Crippen molar-refractivity contribution in [2.24, 2.45) is 0 Å². The largest absolute Gasteiger partial charge is 0.486 e. The zero-order chi connectivity index (χ0) is 21.4. The molecule has 1 aliphatic heterocycles. The van der Waals surface area contributed by atoms with Crippen LogP contribution in [0, 0.1) is 13.8 Å². The molecule has 3 aromatic heterocycles. The van der Waals surface area contributed by atoms with Crippen LogP contribution in [-0.2, 0) is 6.54 Å². The number of aryl methyl sites for hydroxylation is 1. The van der Waals surface area contributed by atoms with Crippen molar-refractivity contribution in [2.45, 2.75) is 31.5 Å². The Kier molecular flexibility index (Phi) is 5.41. The maximum atomic E-state index is 13.0. The van der Waals surface area contributed by atoms with Crippen molar-refractivity contribution < 1.29 is 14.3 Å². The molecule has 6 nitrogen and oxygen atoms in total. The number of carbonyl (C=O) groups excluding carboxylic acids is 1. The summed E-state index contributed by atoms with van der Waals surface area (Å²) < 4.78 is 14.1. The van der Waals surface area contributed by atoms with Crippen LogP contribution in [0.3, 0.4) is 0 Å². The molecule has 0 bridgehead atoms. The lowest BCUT2D eigenvalue weighted by atomic mass is 10.2. The van der Waals surface area contributed by atoms with Gasteiger partial charge in [0.05, 0.1) is 12.3 Å². The molecule has 1 aromatic carbocycles. The number of fused-ring (bicyclic) bond motifs is 2. The minimum atomic E-state index is -0.107. The van der Waals surface area contributed by atoms with E-state index in [0.717, 1.165) is 43.7 Å². The molecule has 4 heterocycles. The SMILES string of the molecule is Cc1cc(C(=O)CSc2ncnc3sccc23)c(C)n1C[C@H]1COc2ccccc2O1. The summed E-state index contributed by atoms with van der Waals surface area (Å²) in [6.45, 7) is 5.13. The summed E-state index contributed by atoms with van der Waals surface area (Å²) in [6, 6.07) is 11.7. The van der Waals surface area contributed by atoms with Gasteiger partial charge < -0.3 is 14.0 Å². The van der Waals surface area contributed by atoms with Crippen LogP contribution in [0.5, 0.6) is 11.5 Å². The van der Waals surface area contributed by atoms with Gasteiger partial charge in [-0.05, 0) is 43.5 Å². The monoisotopic (exact) mass is 451 g/mol. The predicted octanol–water partition coefficient (Wildman–Crippen LogP) is 4.92. The lowest BCUT2D eigenvalue weighted by Crippen LogP contribution is -2.33. The van der Waals surface area contributed by atoms with Gasteiger partial charge in [0.1, 0.15) is 22.8 Å². The second-order valence-electron chi connectivity index (χ2n) is 7.42. The molecule has 0 unspecified atom stereocenters. The average molecular weight is 452 g/mol. The van der Waals surface area contributed by atoms with Crippen molar-refractivity contribution in [3.05, 3.63) is 65.1 Å². The first-order chi connectivity index (χ1) is 15.1. The smallest absolute Gasteiger partial charge is 0.174 e. The zero-order valence-electron chi connectivity index (χ0n) is 17.2. The molecule has 0 aliphatic carbocycles. The number of thioether (sulfide) groups is 1. The van der Waals surface area contributed by atoms with Gasteiger partial charge in [-0.25, -0.2) is 9.97 Å². The van der Waals surface area contributed by atoms with Crippen molar-refractivity contribution in [3.8, 4) is 11.5 Å². The minimum absolute atomic E-state index is 0.0949. The van der Waals surface area contributed by atoms with Crippen LogP contribution < -0.4 is 9.47 Å². The van der Waals surface area contributed by atoms with Gasteiger partial charge in [0.15, 0.2) is 23.4 Å². The fourth-order valence-corrected chi connectivity index (χ4v) is 5.48. The van der Waals surface area contributed by atoms with Gasteiger partial charge in [-0.3, -0.25) is 4.79 Å². The third-order valence-corrected chi connectivity index (χ3v) is 7.22. The number of Topliss-reactive ketones (excluding diaryl/α,β-unsaturated/α-hetero) is 1. The second kappa shape index (κ2) is 8.36. The number of hydrogen-bond donors (Lipinski definition) is 0. The fourth-order valence-electron chi connectivity index (χ4n) is 3.82. The van der Waals surface area contributed by atoms with E-state index in [0.29, 0.717) is 18.9 Å². The summed E-state index contributed by atoms with van der Waals surface area (Å²) in [6.07, 6.45) is 1.45. The highest BCUT2D eigenvalue weighted by atomic mass is 32.2. The summed E-state index contributed by atoms with van der Waals surface area (Å²) in [7, 11) is 0. The number of hydrogen-bond acceptors (Lipinski definition) is 7. The van der Waals surface area contributed by atoms with E-state index >= 15 is 0 Å². The Hall–Kier alpha value is -2.84. The van der Waals surface area contributed by atoms with Crippen molar-refractivity contribution in [1.82, 2.24) is 14.5 Å². The van der Waals surface area contributed by atoms with E-state index in [-0.39, 0.29) is 11.9 Å². The number of ether oxygens (including phenoxy) is 2. The molecule has 4 aromatic rings. The molecule has 0 fully saturated rings. The van der Waals surface area contributed by atoms with E-state index in [1.165, 1.54) is 11.8 Å². The van der Waals surface area contributed by atoms with E-state index in [4.69, 9.17) is 9.47 Å². The van der Waals surface area contributed by atoms with Crippen molar-refractivity contribution >= 4 is 39.1 Å². The Morgan fingerprint density at radius 3 is 2.94 bits per heavy atom. The second-order valence-corrected chi connectivity index (χ2v) is 9.28. The molecule has 0 radical (unpaired) electrons. The van der Waals surface area contributed by atoms with Gasteiger partial charge in [0, 0.05) is 22.3 Å². The van der Waals surface area contributed by atoms with Crippen LogP contribution in [0.25, 0.3) is 10.2 Å². The summed E-state index contributed by atoms with van der Waals surface area (Å²) >= 11 is 3.04. The molecule has 8 heteroatoms. The van der Waals surface area contributed by atoms with Crippen molar-refractivity contribution in [1.29, 1.82) is 0 Å². The molecule has 0 spiro atoms. The average Bonchev–Trinajstić information content (AvgIpc) is 3.38. The van der Waals surface area contributed by atoms with Gasteiger partial charge >= 0.3 is 0 Å². The Bertz CT molecular complexity index is 1260. The molecular weight excluding hydrogens is 430 g/mol. The van der Waals surface area contributed by atoms with E-state index in [1.54, 1.807) is 17.7 Å². The Labute approximate surface area is 188 Å². The van der Waals surface area contributed by atoms with Gasteiger partial charge in [-0.1, -0.05) is 23.9 Å². The summed E-state index contributed by atoms with van der Waals surface area (Å²) in [5.41, 5.74) is 2.74. The maximum absolute atomic E-state index is 13.0. The predicted molar refractivity (Wildman–Crippen MR) is 123 cm³/mol. The topological polar surface area (TPSA) is 66.2 Å². The van der Waals surface area contributed by atoms with E-state index in [1.807, 2.05) is 55.6 Å². The van der Waals surface area contributed by atoms with Gasteiger partial charge in [0.2, 0.25) is 0 Å². The molecule has 158 valence electrons. The highest BCUT2D eigenvalue weighted by molar-refractivity contribution is 8.00. The third kappa shape index (κ3) is 3.93. The van der Waals surface area contributed by atoms with Crippen LogP contribution in [0.2, 0.25) is 0 Å². The number of benzene rings is 1. The summed E-state index contributed by atoms with van der Waals surface area (Å²) in [5.74, 6) is 1.97. The molecule has 5 rings (SSSR count). The zero-order valence-corrected chi connectivity index (χ0v) is 18.8. The summed E-state index contributed by atoms with van der Waals surface area (Å²) in [5, 5.41) is 3.85. The lowest BCUT2D eigenvalue weighted by Gasteiger charge is -2.27.